The minimum Gasteiger partial charge on any atom is -0.480 e. The van der Waals surface area contributed by atoms with Crippen molar-refractivity contribution in [2.75, 3.05) is 6.61 Å². The zero-order valence-electron chi connectivity index (χ0n) is 14.6. The Morgan fingerprint density at radius 2 is 1.92 bits per heavy atom. The van der Waals surface area contributed by atoms with Crippen LogP contribution in [0.1, 0.15) is 45.6 Å². The van der Waals surface area contributed by atoms with Crippen LogP contribution in [0.2, 0.25) is 0 Å². The Labute approximate surface area is 143 Å². The summed E-state index contributed by atoms with van der Waals surface area (Å²) in [6.45, 7) is 6.00. The van der Waals surface area contributed by atoms with E-state index in [0.29, 0.717) is 6.42 Å². The van der Waals surface area contributed by atoms with Crippen LogP contribution in [0.15, 0.2) is 36.4 Å². The van der Waals surface area contributed by atoms with Crippen molar-refractivity contribution in [3.05, 3.63) is 42.0 Å². The van der Waals surface area contributed by atoms with Crippen LogP contribution in [0.5, 0.6) is 0 Å². The van der Waals surface area contributed by atoms with E-state index in [1.807, 2.05) is 63.3 Å². The van der Waals surface area contributed by atoms with Gasteiger partial charge in [0, 0.05) is 19.4 Å². The number of hydrogen-bond acceptors (Lipinski definition) is 3. The van der Waals surface area contributed by atoms with Crippen LogP contribution < -0.4 is 5.32 Å². The Kier molecular flexibility index (Phi) is 8.19. The van der Waals surface area contributed by atoms with Gasteiger partial charge >= 0.3 is 5.97 Å². The molecule has 5 nitrogen and oxygen atoms in total. The van der Waals surface area contributed by atoms with Gasteiger partial charge in [-0.2, -0.15) is 0 Å². The molecule has 1 unspecified atom stereocenters. The van der Waals surface area contributed by atoms with Crippen LogP contribution in [-0.4, -0.2) is 35.2 Å². The molecule has 0 saturated heterocycles. The van der Waals surface area contributed by atoms with Crippen molar-refractivity contribution in [3.8, 4) is 0 Å². The number of carbonyl (C=O) groups is 2. The predicted molar refractivity (Wildman–Crippen MR) is 94.6 cm³/mol. The van der Waals surface area contributed by atoms with Crippen molar-refractivity contribution in [2.24, 2.45) is 0 Å². The maximum atomic E-state index is 11.9. The van der Waals surface area contributed by atoms with Crippen molar-refractivity contribution in [2.45, 2.75) is 51.7 Å². The number of aliphatic carboxylic acids is 1. The average molecular weight is 333 g/mol. The highest BCUT2D eigenvalue weighted by Gasteiger charge is 2.20. The van der Waals surface area contributed by atoms with E-state index in [2.05, 4.69) is 5.32 Å². The van der Waals surface area contributed by atoms with Gasteiger partial charge in [-0.25, -0.2) is 4.79 Å². The molecule has 1 aromatic carbocycles. The minimum absolute atomic E-state index is 0.248. The molecule has 2 N–H and O–H groups in total. The Bertz CT molecular complexity index is 546. The van der Waals surface area contributed by atoms with Crippen LogP contribution in [0.3, 0.4) is 0 Å². The van der Waals surface area contributed by atoms with E-state index in [1.54, 1.807) is 0 Å². The van der Waals surface area contributed by atoms with Crippen LogP contribution >= 0.6 is 0 Å². The van der Waals surface area contributed by atoms with E-state index >= 15 is 0 Å². The number of carboxylic acids is 1. The highest BCUT2D eigenvalue weighted by atomic mass is 16.5. The third-order valence-corrected chi connectivity index (χ3v) is 3.22. The van der Waals surface area contributed by atoms with Crippen LogP contribution in [0, 0.1) is 0 Å². The lowest BCUT2D eigenvalue weighted by Gasteiger charge is -2.21. The van der Waals surface area contributed by atoms with Gasteiger partial charge in [-0.15, -0.1) is 0 Å². The van der Waals surface area contributed by atoms with Gasteiger partial charge < -0.3 is 15.2 Å². The van der Waals surface area contributed by atoms with E-state index in [4.69, 9.17) is 4.74 Å². The Morgan fingerprint density at radius 1 is 1.25 bits per heavy atom. The van der Waals surface area contributed by atoms with Gasteiger partial charge in [0.25, 0.3) is 0 Å². The van der Waals surface area contributed by atoms with Crippen molar-refractivity contribution in [1.82, 2.24) is 5.32 Å². The number of carbonyl (C=O) groups excluding carboxylic acids is 1. The SMILES string of the molecule is CC(C)(C)OCCC(NC(=O)CC/C=C/c1ccccc1)C(=O)O. The molecular weight excluding hydrogens is 306 g/mol. The average Bonchev–Trinajstić information content (AvgIpc) is 2.50. The fourth-order valence-corrected chi connectivity index (χ4v) is 2.00. The Hall–Kier alpha value is -2.14. The van der Waals surface area contributed by atoms with Gasteiger partial charge in [0.15, 0.2) is 0 Å². The van der Waals surface area contributed by atoms with Crippen LogP contribution in [-0.2, 0) is 14.3 Å². The molecule has 1 rings (SSSR count). The Morgan fingerprint density at radius 3 is 2.50 bits per heavy atom. The summed E-state index contributed by atoms with van der Waals surface area (Å²) in [6, 6.07) is 8.88. The van der Waals surface area contributed by atoms with Gasteiger partial charge in [-0.1, -0.05) is 42.5 Å². The first-order valence-corrected chi connectivity index (χ1v) is 8.15. The molecule has 0 spiro atoms. The first kappa shape index (κ1) is 19.9. The first-order chi connectivity index (χ1) is 11.3. The fourth-order valence-electron chi connectivity index (χ4n) is 2.00. The van der Waals surface area contributed by atoms with Crippen molar-refractivity contribution < 1.29 is 19.4 Å². The van der Waals surface area contributed by atoms with E-state index in [1.165, 1.54) is 0 Å². The molecule has 0 radical (unpaired) electrons. The molecule has 1 aromatic rings. The molecule has 5 heteroatoms. The lowest BCUT2D eigenvalue weighted by molar-refractivity contribution is -0.142. The molecule has 0 aromatic heterocycles. The molecular formula is C19H27NO4. The number of benzene rings is 1. The highest BCUT2D eigenvalue weighted by molar-refractivity contribution is 5.83. The molecule has 1 atom stereocenters. The molecule has 24 heavy (non-hydrogen) atoms. The summed E-state index contributed by atoms with van der Waals surface area (Å²) in [4.78, 5) is 23.1. The van der Waals surface area contributed by atoms with E-state index < -0.39 is 12.0 Å². The number of carboxylic acid groups (broad SMARTS) is 1. The normalized spacial score (nSPS) is 13.0. The number of hydrogen-bond donors (Lipinski definition) is 2. The van der Waals surface area contributed by atoms with Crippen molar-refractivity contribution in [1.29, 1.82) is 0 Å². The summed E-state index contributed by atoms with van der Waals surface area (Å²) >= 11 is 0. The molecule has 1 amide bonds. The molecule has 0 heterocycles. The first-order valence-electron chi connectivity index (χ1n) is 8.15. The third-order valence-electron chi connectivity index (χ3n) is 3.22. The summed E-state index contributed by atoms with van der Waals surface area (Å²) < 4.78 is 5.51. The number of ether oxygens (including phenoxy) is 1. The van der Waals surface area contributed by atoms with Crippen LogP contribution in [0.25, 0.3) is 6.08 Å². The van der Waals surface area contributed by atoms with Gasteiger partial charge in [-0.3, -0.25) is 4.79 Å². The third kappa shape index (κ3) is 9.10. The molecule has 0 aliphatic rings. The van der Waals surface area contributed by atoms with Gasteiger partial charge in [0.2, 0.25) is 5.91 Å². The second-order valence-electron chi connectivity index (χ2n) is 6.56. The maximum Gasteiger partial charge on any atom is 0.326 e. The van der Waals surface area contributed by atoms with E-state index in [9.17, 15) is 14.7 Å². The molecule has 132 valence electrons. The largest absolute Gasteiger partial charge is 0.480 e. The maximum absolute atomic E-state index is 11.9. The summed E-state index contributed by atoms with van der Waals surface area (Å²) in [5.41, 5.74) is 0.746. The number of allylic oxidation sites excluding steroid dienone is 1. The zero-order chi connectivity index (χ0) is 18.0. The Balaban J connectivity index is 2.34. The topological polar surface area (TPSA) is 75.6 Å². The minimum atomic E-state index is -1.04. The zero-order valence-corrected chi connectivity index (χ0v) is 14.6. The van der Waals surface area contributed by atoms with Gasteiger partial charge in [0.1, 0.15) is 6.04 Å². The monoisotopic (exact) mass is 333 g/mol. The van der Waals surface area contributed by atoms with Crippen LogP contribution in [0.4, 0.5) is 0 Å². The van der Waals surface area contributed by atoms with Crippen molar-refractivity contribution in [3.63, 3.8) is 0 Å². The van der Waals surface area contributed by atoms with Crippen molar-refractivity contribution >= 4 is 18.0 Å². The van der Waals surface area contributed by atoms with Gasteiger partial charge in [0.05, 0.1) is 5.60 Å². The number of rotatable bonds is 9. The quantitative estimate of drug-likeness (QED) is 0.727. The summed E-state index contributed by atoms with van der Waals surface area (Å²) in [7, 11) is 0. The highest BCUT2D eigenvalue weighted by Crippen LogP contribution is 2.08. The number of nitrogens with one attached hydrogen (secondary N) is 1. The molecule has 0 saturated carbocycles. The van der Waals surface area contributed by atoms with Gasteiger partial charge in [-0.05, 0) is 32.8 Å². The lowest BCUT2D eigenvalue weighted by atomic mass is 10.1. The summed E-state index contributed by atoms with van der Waals surface area (Å²) in [5.74, 6) is -1.31. The fraction of sp³-hybridized carbons (Fsp3) is 0.474. The standard InChI is InChI=1S/C19H27NO4/c1-19(2,3)24-14-13-16(18(22)23)20-17(21)12-8-7-11-15-9-5-4-6-10-15/h4-7,9-11,16H,8,12-14H2,1-3H3,(H,20,21)(H,22,23)/b11-7+. The van der Waals surface area contributed by atoms with E-state index in [0.717, 1.165) is 5.56 Å². The second-order valence-corrected chi connectivity index (χ2v) is 6.56. The summed E-state index contributed by atoms with van der Waals surface area (Å²) in [5, 5.41) is 11.7. The smallest absolute Gasteiger partial charge is 0.326 e. The van der Waals surface area contributed by atoms with E-state index in [-0.39, 0.29) is 31.0 Å². The second kappa shape index (κ2) is 9.88. The number of amides is 1. The predicted octanol–water partition coefficient (Wildman–Crippen LogP) is 3.25. The molecule has 0 bridgehead atoms. The molecule has 0 aliphatic heterocycles. The lowest BCUT2D eigenvalue weighted by Crippen LogP contribution is -2.41. The molecule has 0 fully saturated rings. The molecule has 0 aliphatic carbocycles. The summed E-state index contributed by atoms with van der Waals surface area (Å²) in [6.07, 6.45) is 4.92.